The van der Waals surface area contributed by atoms with E-state index in [1.165, 1.54) is 11.8 Å². The highest BCUT2D eigenvalue weighted by Crippen LogP contribution is 2.30. The van der Waals surface area contributed by atoms with Gasteiger partial charge in [-0.1, -0.05) is 53.6 Å². The minimum Gasteiger partial charge on any atom is -0.483 e. The number of nitrogens with zero attached hydrogens (tertiary/aromatic N) is 1. The molecule has 0 aromatic heterocycles. The zero-order valence-electron chi connectivity index (χ0n) is 18.3. The first-order valence-corrected chi connectivity index (χ1v) is 11.2. The van der Waals surface area contributed by atoms with Gasteiger partial charge in [-0.2, -0.15) is 0 Å². The molecule has 1 saturated heterocycles. The maximum Gasteiger partial charge on any atom is 0.264 e. The molecule has 3 aromatic carbocycles. The van der Waals surface area contributed by atoms with Gasteiger partial charge in [-0.3, -0.25) is 9.59 Å². The minimum atomic E-state index is -0.262. The maximum absolute atomic E-state index is 12.5. The zero-order chi connectivity index (χ0) is 23.2. The summed E-state index contributed by atoms with van der Waals surface area (Å²) in [5.74, 6) is 0.0287. The molecule has 33 heavy (non-hydrogen) atoms. The Labute approximate surface area is 196 Å². The van der Waals surface area contributed by atoms with Crippen LogP contribution in [0.1, 0.15) is 16.7 Å². The molecular formula is C26H23N3O3S. The van der Waals surface area contributed by atoms with Crippen molar-refractivity contribution in [2.24, 2.45) is 4.99 Å². The molecule has 0 aliphatic carbocycles. The van der Waals surface area contributed by atoms with Gasteiger partial charge in [0.05, 0.1) is 10.6 Å². The third-order valence-electron chi connectivity index (χ3n) is 4.82. The third kappa shape index (κ3) is 6.11. The first-order valence-electron chi connectivity index (χ1n) is 10.4. The molecule has 4 rings (SSSR count). The zero-order valence-corrected chi connectivity index (χ0v) is 19.1. The quantitative estimate of drug-likeness (QED) is 0.498. The summed E-state index contributed by atoms with van der Waals surface area (Å²) >= 11 is 1.26. The Bertz CT molecular complexity index is 1230. The Kier molecular flexibility index (Phi) is 6.90. The van der Waals surface area contributed by atoms with Gasteiger partial charge < -0.3 is 15.4 Å². The summed E-state index contributed by atoms with van der Waals surface area (Å²) < 4.78 is 5.75. The molecule has 166 valence electrons. The average Bonchev–Trinajstić information content (AvgIpc) is 3.15. The molecule has 0 unspecified atom stereocenters. The van der Waals surface area contributed by atoms with E-state index >= 15 is 0 Å². The van der Waals surface area contributed by atoms with Gasteiger partial charge in [-0.05, 0) is 62.0 Å². The lowest BCUT2D eigenvalue weighted by Gasteiger charge is -2.10. The van der Waals surface area contributed by atoms with E-state index in [1.807, 2.05) is 80.6 Å². The largest absolute Gasteiger partial charge is 0.483 e. The summed E-state index contributed by atoms with van der Waals surface area (Å²) in [6.07, 6.45) is 1.74. The molecule has 2 N–H and O–H groups in total. The molecule has 7 heteroatoms. The van der Waals surface area contributed by atoms with Crippen LogP contribution in [0.4, 0.5) is 11.4 Å². The highest BCUT2D eigenvalue weighted by molar-refractivity contribution is 8.18. The number of benzene rings is 3. The van der Waals surface area contributed by atoms with Crippen LogP contribution in [0.15, 0.2) is 82.7 Å². The van der Waals surface area contributed by atoms with Crippen molar-refractivity contribution in [2.75, 3.05) is 11.9 Å². The number of aryl methyl sites for hydroxylation is 2. The Morgan fingerprint density at radius 1 is 1.00 bits per heavy atom. The van der Waals surface area contributed by atoms with Gasteiger partial charge in [-0.15, -0.1) is 0 Å². The molecule has 0 spiro atoms. The van der Waals surface area contributed by atoms with Gasteiger partial charge in [0.1, 0.15) is 5.75 Å². The van der Waals surface area contributed by atoms with Crippen molar-refractivity contribution >= 4 is 46.2 Å². The summed E-state index contributed by atoms with van der Waals surface area (Å²) in [5.41, 5.74) is 4.45. The molecular weight excluding hydrogens is 434 g/mol. The van der Waals surface area contributed by atoms with E-state index in [4.69, 9.17) is 4.74 Å². The van der Waals surface area contributed by atoms with Crippen LogP contribution in [0.5, 0.6) is 5.75 Å². The number of rotatable bonds is 6. The number of ether oxygens (including phenoxy) is 1. The minimum absolute atomic E-state index is 0.145. The third-order valence-corrected chi connectivity index (χ3v) is 5.73. The molecule has 6 nitrogen and oxygen atoms in total. The lowest BCUT2D eigenvalue weighted by molar-refractivity contribution is -0.118. The number of nitrogens with one attached hydrogen (secondary N) is 2. The Hall–Kier alpha value is -3.84. The molecule has 2 amide bonds. The molecule has 1 fully saturated rings. The standard InChI is InChI=1S/C26H23N3O3S/c1-17-7-11-20(12-8-17)27-24(30)16-32-22-6-4-3-5-19(22)15-23-25(31)29-26(33-23)28-21-13-9-18(2)10-14-21/h3-15H,16H2,1-2H3,(H,27,30)(H,28,29,31)/b23-15+. The van der Waals surface area contributed by atoms with Gasteiger partial charge in [-0.25, -0.2) is 4.99 Å². The second-order valence-electron chi connectivity index (χ2n) is 7.56. The van der Waals surface area contributed by atoms with E-state index in [0.717, 1.165) is 16.8 Å². The van der Waals surface area contributed by atoms with Crippen molar-refractivity contribution in [2.45, 2.75) is 13.8 Å². The maximum atomic E-state index is 12.5. The fourth-order valence-electron chi connectivity index (χ4n) is 3.07. The normalized spacial score (nSPS) is 15.5. The number of aliphatic imine (C=N–C) groups is 1. The average molecular weight is 458 g/mol. The Morgan fingerprint density at radius 3 is 2.39 bits per heavy atom. The van der Waals surface area contributed by atoms with E-state index in [0.29, 0.717) is 27.1 Å². The number of carbonyl (C=O) groups excluding carboxylic acids is 2. The molecule has 1 heterocycles. The van der Waals surface area contributed by atoms with Gasteiger partial charge in [0, 0.05) is 11.3 Å². The van der Waals surface area contributed by atoms with Crippen LogP contribution in [-0.2, 0) is 9.59 Å². The van der Waals surface area contributed by atoms with Crippen LogP contribution in [-0.4, -0.2) is 23.6 Å². The van der Waals surface area contributed by atoms with Crippen LogP contribution in [0.3, 0.4) is 0 Å². The topological polar surface area (TPSA) is 79.8 Å². The van der Waals surface area contributed by atoms with Crippen LogP contribution in [0, 0.1) is 13.8 Å². The van der Waals surface area contributed by atoms with Gasteiger partial charge in [0.15, 0.2) is 11.8 Å². The van der Waals surface area contributed by atoms with E-state index in [2.05, 4.69) is 15.6 Å². The van der Waals surface area contributed by atoms with E-state index in [-0.39, 0.29) is 18.4 Å². The number of carbonyl (C=O) groups is 2. The van der Waals surface area contributed by atoms with Crippen molar-refractivity contribution in [3.05, 3.63) is 94.4 Å². The van der Waals surface area contributed by atoms with E-state index in [1.54, 1.807) is 12.1 Å². The SMILES string of the molecule is Cc1ccc(N=C2NC(=O)/C(=C\c3ccccc3OCC(=O)Nc3ccc(C)cc3)S2)cc1. The van der Waals surface area contributed by atoms with Crippen molar-refractivity contribution in [3.8, 4) is 5.75 Å². The number of para-hydroxylation sites is 1. The summed E-state index contributed by atoms with van der Waals surface area (Å²) in [6.45, 7) is 3.85. The number of hydrogen-bond acceptors (Lipinski definition) is 5. The Balaban J connectivity index is 1.43. The number of amides is 2. The molecule has 1 aliphatic heterocycles. The number of amidine groups is 1. The lowest BCUT2D eigenvalue weighted by Crippen LogP contribution is -2.20. The van der Waals surface area contributed by atoms with E-state index in [9.17, 15) is 9.59 Å². The van der Waals surface area contributed by atoms with E-state index < -0.39 is 0 Å². The lowest BCUT2D eigenvalue weighted by atomic mass is 10.2. The summed E-state index contributed by atoms with van der Waals surface area (Å²) in [5, 5.41) is 6.12. The molecule has 0 radical (unpaired) electrons. The van der Waals surface area contributed by atoms with Gasteiger partial charge in [0.2, 0.25) is 0 Å². The molecule has 0 atom stereocenters. The predicted molar refractivity (Wildman–Crippen MR) is 134 cm³/mol. The predicted octanol–water partition coefficient (Wildman–Crippen LogP) is 5.21. The van der Waals surface area contributed by atoms with Gasteiger partial charge >= 0.3 is 0 Å². The molecule has 0 bridgehead atoms. The first-order chi connectivity index (χ1) is 16.0. The number of thioether (sulfide) groups is 1. The van der Waals surface area contributed by atoms with Crippen LogP contribution < -0.4 is 15.4 Å². The van der Waals surface area contributed by atoms with Crippen LogP contribution >= 0.6 is 11.8 Å². The highest BCUT2D eigenvalue weighted by Gasteiger charge is 2.24. The molecule has 0 saturated carbocycles. The second kappa shape index (κ2) is 10.2. The summed E-state index contributed by atoms with van der Waals surface area (Å²) in [7, 11) is 0. The smallest absolute Gasteiger partial charge is 0.264 e. The highest BCUT2D eigenvalue weighted by atomic mass is 32.2. The van der Waals surface area contributed by atoms with Crippen LogP contribution in [0.2, 0.25) is 0 Å². The van der Waals surface area contributed by atoms with Gasteiger partial charge in [0.25, 0.3) is 11.8 Å². The molecule has 3 aromatic rings. The van der Waals surface area contributed by atoms with Crippen LogP contribution in [0.25, 0.3) is 6.08 Å². The number of anilines is 1. The summed E-state index contributed by atoms with van der Waals surface area (Å²) in [4.78, 5) is 29.7. The fraction of sp³-hybridized carbons (Fsp3) is 0.115. The van der Waals surface area contributed by atoms with Crippen molar-refractivity contribution < 1.29 is 14.3 Å². The second-order valence-corrected chi connectivity index (χ2v) is 8.59. The summed E-state index contributed by atoms with van der Waals surface area (Å²) in [6, 6.07) is 22.6. The Morgan fingerprint density at radius 2 is 1.67 bits per heavy atom. The van der Waals surface area contributed by atoms with Crippen molar-refractivity contribution in [3.63, 3.8) is 0 Å². The first kappa shape index (κ1) is 22.4. The van der Waals surface area contributed by atoms with Crippen molar-refractivity contribution in [1.82, 2.24) is 5.32 Å². The molecule has 1 aliphatic rings. The monoisotopic (exact) mass is 457 g/mol. The number of hydrogen-bond donors (Lipinski definition) is 2. The fourth-order valence-corrected chi connectivity index (χ4v) is 3.90. The van der Waals surface area contributed by atoms with Crippen molar-refractivity contribution in [1.29, 1.82) is 0 Å².